The number of hydrogen-bond acceptors (Lipinski definition) is 4. The number of aromatic nitrogens is 3. The summed E-state index contributed by atoms with van der Waals surface area (Å²) in [6.07, 6.45) is 5.23. The molecule has 0 spiro atoms. The molecule has 0 radical (unpaired) electrons. The fourth-order valence-corrected chi connectivity index (χ4v) is 3.68. The number of hydrogen-bond donors (Lipinski definition) is 1. The Morgan fingerprint density at radius 3 is 3.05 bits per heavy atom. The Labute approximate surface area is 119 Å². The Bertz CT molecular complexity index is 620. The molecule has 1 N–H and O–H groups in total. The van der Waals surface area contributed by atoms with Crippen LogP contribution in [0.3, 0.4) is 0 Å². The molecule has 4 rings (SSSR count). The van der Waals surface area contributed by atoms with E-state index in [4.69, 9.17) is 0 Å². The summed E-state index contributed by atoms with van der Waals surface area (Å²) in [4.78, 5) is 7.22. The molecule has 5 heteroatoms. The summed E-state index contributed by atoms with van der Waals surface area (Å²) in [6, 6.07) is 7.28. The zero-order chi connectivity index (χ0) is 13.5. The van der Waals surface area contributed by atoms with E-state index in [0.29, 0.717) is 12.1 Å². The molecule has 0 aromatic carbocycles. The van der Waals surface area contributed by atoms with E-state index in [9.17, 15) is 0 Å². The maximum absolute atomic E-state index is 4.60. The lowest BCUT2D eigenvalue weighted by atomic mass is 9.99. The van der Waals surface area contributed by atoms with Gasteiger partial charge in [0, 0.05) is 24.3 Å². The molecule has 2 fully saturated rings. The first kappa shape index (κ1) is 12.1. The average molecular weight is 271 g/mol. The van der Waals surface area contributed by atoms with Gasteiger partial charge in [0.1, 0.15) is 0 Å². The van der Waals surface area contributed by atoms with Crippen molar-refractivity contribution in [2.75, 3.05) is 18.4 Å². The highest BCUT2D eigenvalue weighted by atomic mass is 15.4. The van der Waals surface area contributed by atoms with E-state index in [1.807, 2.05) is 16.6 Å². The van der Waals surface area contributed by atoms with Crippen LogP contribution in [0.15, 0.2) is 18.2 Å². The van der Waals surface area contributed by atoms with E-state index in [1.54, 1.807) is 0 Å². The van der Waals surface area contributed by atoms with E-state index >= 15 is 0 Å². The zero-order valence-corrected chi connectivity index (χ0v) is 11.9. The van der Waals surface area contributed by atoms with Gasteiger partial charge in [-0.15, -0.1) is 5.10 Å². The van der Waals surface area contributed by atoms with Crippen molar-refractivity contribution in [1.82, 2.24) is 19.5 Å². The fourth-order valence-electron chi connectivity index (χ4n) is 3.68. The van der Waals surface area contributed by atoms with Gasteiger partial charge in [0.05, 0.1) is 0 Å². The van der Waals surface area contributed by atoms with E-state index in [-0.39, 0.29) is 0 Å². The molecule has 0 saturated carbocycles. The molecule has 4 heterocycles. The number of pyridine rings is 1. The minimum absolute atomic E-state index is 0.507. The molecule has 2 aliphatic rings. The first-order valence-electron chi connectivity index (χ1n) is 7.64. The molecule has 5 nitrogen and oxygen atoms in total. The zero-order valence-electron chi connectivity index (χ0n) is 11.9. The SMILES string of the molecule is Cc1cccc2nc(NC3CCN4CCCCC34)nn12. The van der Waals surface area contributed by atoms with Crippen LogP contribution < -0.4 is 5.32 Å². The maximum Gasteiger partial charge on any atom is 0.243 e. The van der Waals surface area contributed by atoms with Crippen molar-refractivity contribution in [3.05, 3.63) is 23.9 Å². The third kappa shape index (κ3) is 1.97. The topological polar surface area (TPSA) is 45.5 Å². The van der Waals surface area contributed by atoms with Gasteiger partial charge in [-0.2, -0.15) is 4.98 Å². The predicted octanol–water partition coefficient (Wildman–Crippen LogP) is 2.08. The van der Waals surface area contributed by atoms with Gasteiger partial charge >= 0.3 is 0 Å². The van der Waals surface area contributed by atoms with Crippen LogP contribution in [0.25, 0.3) is 5.65 Å². The first-order chi connectivity index (χ1) is 9.81. The summed E-state index contributed by atoms with van der Waals surface area (Å²) >= 11 is 0. The largest absolute Gasteiger partial charge is 0.349 e. The lowest BCUT2D eigenvalue weighted by Crippen LogP contribution is -2.41. The van der Waals surface area contributed by atoms with Crippen molar-refractivity contribution >= 4 is 11.6 Å². The summed E-state index contributed by atoms with van der Waals surface area (Å²) in [5.41, 5.74) is 2.04. The minimum atomic E-state index is 0.507. The molecule has 20 heavy (non-hydrogen) atoms. The number of nitrogens with zero attached hydrogens (tertiary/aromatic N) is 4. The van der Waals surface area contributed by atoms with Crippen LogP contribution in [0.2, 0.25) is 0 Å². The molecular weight excluding hydrogens is 250 g/mol. The van der Waals surface area contributed by atoms with Crippen LogP contribution >= 0.6 is 0 Å². The van der Waals surface area contributed by atoms with Gasteiger partial charge < -0.3 is 5.32 Å². The summed E-state index contributed by atoms with van der Waals surface area (Å²) in [5, 5.41) is 8.16. The quantitative estimate of drug-likeness (QED) is 0.908. The molecule has 2 aliphatic heterocycles. The second-order valence-corrected chi connectivity index (χ2v) is 6.01. The van der Waals surface area contributed by atoms with Gasteiger partial charge in [-0.3, -0.25) is 4.90 Å². The van der Waals surface area contributed by atoms with E-state index in [1.165, 1.54) is 38.8 Å². The number of nitrogens with one attached hydrogen (secondary N) is 1. The molecule has 2 aromatic heterocycles. The van der Waals surface area contributed by atoms with E-state index < -0.39 is 0 Å². The number of fused-ring (bicyclic) bond motifs is 2. The molecule has 2 unspecified atom stereocenters. The fraction of sp³-hybridized carbons (Fsp3) is 0.600. The number of anilines is 1. The average Bonchev–Trinajstić information content (AvgIpc) is 3.05. The standard InChI is InChI=1S/C15H21N5/c1-11-5-4-7-14-17-15(18-20(11)14)16-12-8-10-19-9-3-2-6-13(12)19/h4-5,7,12-13H,2-3,6,8-10H2,1H3,(H,16,18). The Balaban J connectivity index is 1.57. The molecule has 0 amide bonds. The monoisotopic (exact) mass is 271 g/mol. The molecule has 2 atom stereocenters. The number of piperidine rings is 1. The molecule has 106 valence electrons. The summed E-state index contributed by atoms with van der Waals surface area (Å²) in [5.74, 6) is 0.775. The third-order valence-electron chi connectivity index (χ3n) is 4.72. The third-order valence-corrected chi connectivity index (χ3v) is 4.72. The van der Waals surface area contributed by atoms with Crippen LogP contribution in [0, 0.1) is 6.92 Å². The van der Waals surface area contributed by atoms with Gasteiger partial charge in [-0.1, -0.05) is 12.5 Å². The summed E-state index contributed by atoms with van der Waals surface area (Å²) in [7, 11) is 0. The first-order valence-corrected chi connectivity index (χ1v) is 7.64. The Morgan fingerprint density at radius 2 is 2.15 bits per heavy atom. The van der Waals surface area contributed by atoms with Gasteiger partial charge in [0.25, 0.3) is 0 Å². The van der Waals surface area contributed by atoms with Gasteiger partial charge in [0.15, 0.2) is 5.65 Å². The van der Waals surface area contributed by atoms with Gasteiger partial charge in [0.2, 0.25) is 5.95 Å². The van der Waals surface area contributed by atoms with E-state index in [0.717, 1.165) is 17.3 Å². The predicted molar refractivity (Wildman–Crippen MR) is 79.0 cm³/mol. The Kier molecular flexibility index (Phi) is 2.88. The van der Waals surface area contributed by atoms with Crippen LogP contribution in [0.4, 0.5) is 5.95 Å². The van der Waals surface area contributed by atoms with Crippen molar-refractivity contribution in [2.45, 2.75) is 44.7 Å². The second kappa shape index (κ2) is 4.74. The molecular formula is C15H21N5. The van der Waals surface area contributed by atoms with Crippen molar-refractivity contribution in [3.63, 3.8) is 0 Å². The van der Waals surface area contributed by atoms with Gasteiger partial charge in [-0.25, -0.2) is 4.52 Å². The van der Waals surface area contributed by atoms with E-state index in [2.05, 4.69) is 33.3 Å². The molecule has 0 aliphatic carbocycles. The molecule has 0 bridgehead atoms. The molecule has 2 saturated heterocycles. The second-order valence-electron chi connectivity index (χ2n) is 6.01. The van der Waals surface area contributed by atoms with Crippen molar-refractivity contribution in [2.24, 2.45) is 0 Å². The summed E-state index contributed by atoms with van der Waals surface area (Å²) < 4.78 is 1.91. The molecule has 2 aromatic rings. The normalized spacial score (nSPS) is 26.9. The smallest absolute Gasteiger partial charge is 0.243 e. The summed E-state index contributed by atoms with van der Waals surface area (Å²) in [6.45, 7) is 4.54. The lowest BCUT2D eigenvalue weighted by Gasteiger charge is -2.32. The highest BCUT2D eigenvalue weighted by Gasteiger charge is 2.35. The van der Waals surface area contributed by atoms with Crippen LogP contribution in [0.1, 0.15) is 31.4 Å². The van der Waals surface area contributed by atoms with Crippen molar-refractivity contribution in [1.29, 1.82) is 0 Å². The number of aryl methyl sites for hydroxylation is 1. The maximum atomic E-state index is 4.60. The highest BCUT2D eigenvalue weighted by Crippen LogP contribution is 2.28. The van der Waals surface area contributed by atoms with Crippen LogP contribution in [0.5, 0.6) is 0 Å². The number of rotatable bonds is 2. The minimum Gasteiger partial charge on any atom is -0.349 e. The Hall–Kier alpha value is -1.62. The Morgan fingerprint density at radius 1 is 1.20 bits per heavy atom. The lowest BCUT2D eigenvalue weighted by molar-refractivity contribution is 0.192. The van der Waals surface area contributed by atoms with Gasteiger partial charge in [-0.05, 0) is 44.9 Å². The van der Waals surface area contributed by atoms with Crippen molar-refractivity contribution in [3.8, 4) is 0 Å². The van der Waals surface area contributed by atoms with Crippen molar-refractivity contribution < 1.29 is 0 Å². The van der Waals surface area contributed by atoms with Crippen LogP contribution in [-0.2, 0) is 0 Å². The van der Waals surface area contributed by atoms with Crippen LogP contribution in [-0.4, -0.2) is 44.7 Å². The highest BCUT2D eigenvalue weighted by molar-refractivity contribution is 5.45.